The first-order valence-corrected chi connectivity index (χ1v) is 9.06. The lowest BCUT2D eigenvalue weighted by atomic mass is 10.1. The number of aromatic nitrogens is 1. The van der Waals surface area contributed by atoms with E-state index in [1.165, 1.54) is 38.5 Å². The van der Waals surface area contributed by atoms with E-state index in [9.17, 15) is 4.79 Å². The molecule has 7 heteroatoms. The van der Waals surface area contributed by atoms with E-state index in [2.05, 4.69) is 15.6 Å². The van der Waals surface area contributed by atoms with E-state index < -0.39 is 0 Å². The van der Waals surface area contributed by atoms with Crippen LogP contribution in [0.3, 0.4) is 0 Å². The largest absolute Gasteiger partial charge is 0.351 e. The lowest BCUT2D eigenvalue weighted by Gasteiger charge is -2.16. The standard InChI is InChI=1S/C17H23N3OS.2ClH/c21-17(13-7-8-15-16(11-13)22-12-20-15)19-10-9-18-14-5-3-1-2-4-6-14;;/h7-8,11-12,14,18H,1-6,9-10H2,(H,19,21);2*1H. The molecule has 134 valence electrons. The number of nitrogens with one attached hydrogen (secondary N) is 2. The molecule has 0 aliphatic heterocycles. The van der Waals surface area contributed by atoms with Gasteiger partial charge in [0, 0.05) is 24.7 Å². The van der Waals surface area contributed by atoms with Crippen molar-refractivity contribution >= 4 is 52.3 Å². The van der Waals surface area contributed by atoms with Gasteiger partial charge in [0.05, 0.1) is 15.7 Å². The number of rotatable bonds is 5. The maximum Gasteiger partial charge on any atom is 0.251 e. The summed E-state index contributed by atoms with van der Waals surface area (Å²) in [5.74, 6) is -0.00188. The van der Waals surface area contributed by atoms with Gasteiger partial charge in [-0.2, -0.15) is 0 Å². The van der Waals surface area contributed by atoms with Gasteiger partial charge in [0.2, 0.25) is 0 Å². The first kappa shape index (κ1) is 21.2. The molecular weight excluding hydrogens is 365 g/mol. The van der Waals surface area contributed by atoms with Gasteiger partial charge in [-0.05, 0) is 31.0 Å². The van der Waals surface area contributed by atoms with Crippen molar-refractivity contribution in [2.45, 2.75) is 44.6 Å². The summed E-state index contributed by atoms with van der Waals surface area (Å²) in [4.78, 5) is 16.4. The summed E-state index contributed by atoms with van der Waals surface area (Å²) in [5, 5.41) is 6.57. The fourth-order valence-electron chi connectivity index (χ4n) is 3.03. The predicted octanol–water partition coefficient (Wildman–Crippen LogP) is 4.18. The molecule has 1 aromatic carbocycles. The summed E-state index contributed by atoms with van der Waals surface area (Å²) in [6, 6.07) is 6.30. The highest BCUT2D eigenvalue weighted by Crippen LogP contribution is 2.19. The molecule has 2 aromatic rings. The Bertz CT molecular complexity index is 627. The maximum absolute atomic E-state index is 12.2. The molecule has 0 unspecified atom stereocenters. The molecule has 1 amide bonds. The minimum absolute atomic E-state index is 0. The van der Waals surface area contributed by atoms with Gasteiger partial charge in [-0.3, -0.25) is 4.79 Å². The Hall–Kier alpha value is -0.880. The number of benzene rings is 1. The number of carbonyl (C=O) groups is 1. The first-order chi connectivity index (χ1) is 10.8. The number of fused-ring (bicyclic) bond motifs is 1. The van der Waals surface area contributed by atoms with Gasteiger partial charge >= 0.3 is 0 Å². The van der Waals surface area contributed by atoms with Gasteiger partial charge in [0.1, 0.15) is 0 Å². The zero-order valence-corrected chi connectivity index (χ0v) is 16.1. The van der Waals surface area contributed by atoms with Crippen LogP contribution >= 0.6 is 36.2 Å². The highest BCUT2D eigenvalue weighted by Gasteiger charge is 2.11. The minimum atomic E-state index is -0.00188. The average molecular weight is 390 g/mol. The van der Waals surface area contributed by atoms with Crippen LogP contribution in [0, 0.1) is 0 Å². The molecule has 1 aromatic heterocycles. The van der Waals surface area contributed by atoms with Gasteiger partial charge in [-0.1, -0.05) is 25.7 Å². The third-order valence-corrected chi connectivity index (χ3v) is 5.08. The van der Waals surface area contributed by atoms with Crippen LogP contribution in [-0.2, 0) is 0 Å². The van der Waals surface area contributed by atoms with Gasteiger partial charge < -0.3 is 10.6 Å². The summed E-state index contributed by atoms with van der Waals surface area (Å²) in [6.45, 7) is 1.52. The number of amides is 1. The second-order valence-corrected chi connectivity index (χ2v) is 6.82. The SMILES string of the molecule is Cl.Cl.O=C(NCCNC1CCCCCC1)c1ccc2ncsc2c1. The molecule has 0 spiro atoms. The highest BCUT2D eigenvalue weighted by molar-refractivity contribution is 7.16. The van der Waals surface area contributed by atoms with Crippen molar-refractivity contribution in [1.29, 1.82) is 0 Å². The first-order valence-electron chi connectivity index (χ1n) is 8.18. The second kappa shape index (κ2) is 10.9. The lowest BCUT2D eigenvalue weighted by molar-refractivity contribution is 0.0953. The van der Waals surface area contributed by atoms with E-state index in [-0.39, 0.29) is 30.7 Å². The molecule has 3 rings (SSSR count). The van der Waals surface area contributed by atoms with E-state index in [1.807, 2.05) is 23.7 Å². The van der Waals surface area contributed by atoms with Crippen LogP contribution in [0.4, 0.5) is 0 Å². The summed E-state index contributed by atoms with van der Waals surface area (Å²) in [5.41, 5.74) is 3.48. The van der Waals surface area contributed by atoms with Gasteiger partial charge in [0.25, 0.3) is 5.91 Å². The van der Waals surface area contributed by atoms with Crippen molar-refractivity contribution in [2.75, 3.05) is 13.1 Å². The molecule has 1 aliphatic rings. The Labute approximate surface area is 159 Å². The van der Waals surface area contributed by atoms with Crippen LogP contribution in [0.15, 0.2) is 23.7 Å². The quantitative estimate of drug-likeness (QED) is 0.595. The molecule has 4 nitrogen and oxygen atoms in total. The lowest BCUT2D eigenvalue weighted by Crippen LogP contribution is -2.36. The zero-order valence-electron chi connectivity index (χ0n) is 13.6. The number of thiazole rings is 1. The Balaban J connectivity index is 0.00000144. The Kier molecular flexibility index (Phi) is 9.59. The van der Waals surface area contributed by atoms with E-state index >= 15 is 0 Å². The minimum Gasteiger partial charge on any atom is -0.351 e. The molecule has 0 atom stereocenters. The van der Waals surface area contributed by atoms with Gasteiger partial charge in [-0.15, -0.1) is 36.2 Å². The van der Waals surface area contributed by atoms with E-state index in [0.717, 1.165) is 16.8 Å². The number of hydrogen-bond donors (Lipinski definition) is 2. The summed E-state index contributed by atoms with van der Waals surface area (Å²) < 4.78 is 1.06. The van der Waals surface area contributed by atoms with Crippen molar-refractivity contribution in [1.82, 2.24) is 15.6 Å². The summed E-state index contributed by atoms with van der Waals surface area (Å²) >= 11 is 1.56. The average Bonchev–Trinajstić information content (AvgIpc) is 2.85. The van der Waals surface area contributed by atoms with Crippen LogP contribution in [-0.4, -0.2) is 30.0 Å². The molecule has 1 aliphatic carbocycles. The van der Waals surface area contributed by atoms with Crippen LogP contribution in [0.5, 0.6) is 0 Å². The van der Waals surface area contributed by atoms with Crippen LogP contribution in [0.25, 0.3) is 10.2 Å². The molecule has 0 radical (unpaired) electrons. The van der Waals surface area contributed by atoms with E-state index in [1.54, 1.807) is 11.3 Å². The molecule has 1 heterocycles. The Morgan fingerprint density at radius 2 is 1.88 bits per heavy atom. The van der Waals surface area contributed by atoms with Crippen molar-refractivity contribution < 1.29 is 4.79 Å². The van der Waals surface area contributed by atoms with Crippen molar-refractivity contribution in [2.24, 2.45) is 0 Å². The number of carbonyl (C=O) groups excluding carboxylic acids is 1. The number of halogens is 2. The van der Waals surface area contributed by atoms with Crippen molar-refractivity contribution in [3.05, 3.63) is 29.3 Å². The smallest absolute Gasteiger partial charge is 0.251 e. The van der Waals surface area contributed by atoms with E-state index in [4.69, 9.17) is 0 Å². The molecule has 24 heavy (non-hydrogen) atoms. The fraction of sp³-hybridized carbons (Fsp3) is 0.529. The van der Waals surface area contributed by atoms with Crippen molar-refractivity contribution in [3.8, 4) is 0 Å². The molecule has 1 fully saturated rings. The van der Waals surface area contributed by atoms with E-state index in [0.29, 0.717) is 18.2 Å². The fourth-order valence-corrected chi connectivity index (χ4v) is 3.75. The normalized spacial score (nSPS) is 15.2. The van der Waals surface area contributed by atoms with Gasteiger partial charge in [-0.25, -0.2) is 4.98 Å². The van der Waals surface area contributed by atoms with Crippen LogP contribution < -0.4 is 10.6 Å². The maximum atomic E-state index is 12.2. The molecule has 0 saturated heterocycles. The monoisotopic (exact) mass is 389 g/mol. The molecule has 2 N–H and O–H groups in total. The zero-order chi connectivity index (χ0) is 15.2. The van der Waals surface area contributed by atoms with Gasteiger partial charge in [0.15, 0.2) is 0 Å². The molecule has 0 bridgehead atoms. The second-order valence-electron chi connectivity index (χ2n) is 5.93. The summed E-state index contributed by atoms with van der Waals surface area (Å²) in [6.07, 6.45) is 7.95. The molecular formula is C17H25Cl2N3OS. The van der Waals surface area contributed by atoms with Crippen molar-refractivity contribution in [3.63, 3.8) is 0 Å². The third-order valence-electron chi connectivity index (χ3n) is 4.29. The Morgan fingerprint density at radius 1 is 1.12 bits per heavy atom. The predicted molar refractivity (Wildman–Crippen MR) is 106 cm³/mol. The third kappa shape index (κ3) is 5.88. The number of nitrogens with zero attached hydrogens (tertiary/aromatic N) is 1. The summed E-state index contributed by atoms with van der Waals surface area (Å²) in [7, 11) is 0. The van der Waals surface area contributed by atoms with Crippen LogP contribution in [0.1, 0.15) is 48.9 Å². The molecule has 1 saturated carbocycles. The number of hydrogen-bond acceptors (Lipinski definition) is 4. The Morgan fingerprint density at radius 3 is 2.62 bits per heavy atom. The van der Waals surface area contributed by atoms with Crippen LogP contribution in [0.2, 0.25) is 0 Å². The topological polar surface area (TPSA) is 54.0 Å². The highest BCUT2D eigenvalue weighted by atomic mass is 35.5.